The molecule has 1 aliphatic rings. The van der Waals surface area contributed by atoms with E-state index in [4.69, 9.17) is 11.6 Å². The fraction of sp³-hybridized carbons (Fsp3) is 0.412. The molecule has 1 aromatic carbocycles. The lowest BCUT2D eigenvalue weighted by Crippen LogP contribution is -2.39. The Morgan fingerprint density at radius 2 is 1.96 bits per heavy atom. The molecule has 2 aromatic rings. The van der Waals surface area contributed by atoms with Gasteiger partial charge in [0.2, 0.25) is 10.0 Å². The largest absolute Gasteiger partial charge is 0.299 e. The molecular formula is C17H20ClN3O3S. The molecule has 1 aromatic heterocycles. The van der Waals surface area contributed by atoms with Crippen molar-refractivity contribution in [3.8, 4) is 0 Å². The second kappa shape index (κ2) is 7.27. The van der Waals surface area contributed by atoms with E-state index in [1.165, 1.54) is 22.5 Å². The molecule has 0 unspecified atom stereocenters. The van der Waals surface area contributed by atoms with Gasteiger partial charge in [0.15, 0.2) is 0 Å². The molecule has 0 saturated carbocycles. The van der Waals surface area contributed by atoms with E-state index in [9.17, 15) is 13.2 Å². The Balaban J connectivity index is 1.68. The molecular weight excluding hydrogens is 362 g/mol. The predicted octanol–water partition coefficient (Wildman–Crippen LogP) is 1.85. The Labute approximate surface area is 152 Å². The molecule has 0 radical (unpaired) electrons. The average Bonchev–Trinajstić information content (AvgIpc) is 2.57. The topological polar surface area (TPSA) is 72.3 Å². The van der Waals surface area contributed by atoms with E-state index in [-0.39, 0.29) is 12.1 Å². The number of aromatic nitrogens is 2. The summed E-state index contributed by atoms with van der Waals surface area (Å²) in [5, 5.41) is 0.710. The van der Waals surface area contributed by atoms with Gasteiger partial charge in [-0.3, -0.25) is 9.36 Å². The Morgan fingerprint density at radius 3 is 2.64 bits per heavy atom. The summed E-state index contributed by atoms with van der Waals surface area (Å²) in [6.45, 7) is 1.09. The van der Waals surface area contributed by atoms with Crippen LogP contribution in [0.3, 0.4) is 0 Å². The number of fused-ring (bicyclic) bond motifs is 1. The van der Waals surface area contributed by atoms with Crippen LogP contribution in [0, 0.1) is 0 Å². The van der Waals surface area contributed by atoms with Crippen LogP contribution in [-0.2, 0) is 36.0 Å². The standard InChI is InChI=1S/C17H20ClN3O3S/c1-25(23,24)21-10-8-15-16(11-21)19-12-20(17(15)22)9-2-3-13-4-6-14(18)7-5-13/h4-7,12H,2-3,8-11H2,1H3. The summed E-state index contributed by atoms with van der Waals surface area (Å²) < 4.78 is 26.3. The summed E-state index contributed by atoms with van der Waals surface area (Å²) in [5.41, 5.74) is 2.31. The first kappa shape index (κ1) is 18.1. The minimum atomic E-state index is -3.26. The Hall–Kier alpha value is -1.70. The van der Waals surface area contributed by atoms with Crippen LogP contribution in [0.1, 0.15) is 23.2 Å². The van der Waals surface area contributed by atoms with E-state index in [0.29, 0.717) is 35.8 Å². The van der Waals surface area contributed by atoms with Crippen LogP contribution in [0.5, 0.6) is 0 Å². The fourth-order valence-electron chi connectivity index (χ4n) is 2.98. The smallest absolute Gasteiger partial charge is 0.256 e. The molecule has 6 nitrogen and oxygen atoms in total. The Bertz CT molecular complexity index is 923. The van der Waals surface area contributed by atoms with Crippen LogP contribution >= 0.6 is 11.6 Å². The second-order valence-corrected chi connectivity index (χ2v) is 8.66. The molecule has 0 spiro atoms. The van der Waals surface area contributed by atoms with Crippen molar-refractivity contribution in [1.82, 2.24) is 13.9 Å². The maximum Gasteiger partial charge on any atom is 0.256 e. The van der Waals surface area contributed by atoms with Gasteiger partial charge >= 0.3 is 0 Å². The summed E-state index contributed by atoms with van der Waals surface area (Å²) in [6.07, 6.45) is 4.77. The maximum absolute atomic E-state index is 12.6. The molecule has 3 rings (SSSR count). The number of hydrogen-bond donors (Lipinski definition) is 0. The van der Waals surface area contributed by atoms with Crippen molar-refractivity contribution < 1.29 is 8.42 Å². The van der Waals surface area contributed by atoms with E-state index >= 15 is 0 Å². The quantitative estimate of drug-likeness (QED) is 0.792. The molecule has 8 heteroatoms. The zero-order valence-electron chi connectivity index (χ0n) is 14.0. The van der Waals surface area contributed by atoms with Crippen LogP contribution in [0.15, 0.2) is 35.4 Å². The number of rotatable bonds is 5. The highest BCUT2D eigenvalue weighted by atomic mass is 35.5. The summed E-state index contributed by atoms with van der Waals surface area (Å²) in [7, 11) is -3.26. The second-order valence-electron chi connectivity index (χ2n) is 6.24. The van der Waals surface area contributed by atoms with Gasteiger partial charge in [0.25, 0.3) is 5.56 Å². The minimum absolute atomic E-state index is 0.0609. The molecule has 0 N–H and O–H groups in total. The van der Waals surface area contributed by atoms with Gasteiger partial charge in [0.1, 0.15) is 0 Å². The van der Waals surface area contributed by atoms with Gasteiger partial charge in [0.05, 0.1) is 24.8 Å². The predicted molar refractivity (Wildman–Crippen MR) is 97.2 cm³/mol. The first-order chi connectivity index (χ1) is 11.8. The van der Waals surface area contributed by atoms with Gasteiger partial charge in [-0.15, -0.1) is 0 Å². The molecule has 0 saturated heterocycles. The van der Waals surface area contributed by atoms with E-state index in [1.54, 1.807) is 4.57 Å². The Kier molecular flexibility index (Phi) is 5.27. The average molecular weight is 382 g/mol. The fourth-order valence-corrected chi connectivity index (χ4v) is 3.89. The van der Waals surface area contributed by atoms with Gasteiger partial charge in [-0.1, -0.05) is 23.7 Å². The lowest BCUT2D eigenvalue weighted by Gasteiger charge is -2.25. The third-order valence-corrected chi connectivity index (χ3v) is 5.91. The molecule has 25 heavy (non-hydrogen) atoms. The molecule has 0 amide bonds. The normalized spacial score (nSPS) is 15.1. The van der Waals surface area contributed by atoms with Gasteiger partial charge in [-0.2, -0.15) is 4.31 Å². The van der Waals surface area contributed by atoms with Crippen molar-refractivity contribution in [2.24, 2.45) is 0 Å². The van der Waals surface area contributed by atoms with Crippen molar-refractivity contribution in [2.75, 3.05) is 12.8 Å². The summed E-state index contributed by atoms with van der Waals surface area (Å²) in [4.78, 5) is 16.9. The van der Waals surface area contributed by atoms with Crippen molar-refractivity contribution >= 4 is 21.6 Å². The molecule has 134 valence electrons. The van der Waals surface area contributed by atoms with Crippen LogP contribution in [0.4, 0.5) is 0 Å². The summed E-state index contributed by atoms with van der Waals surface area (Å²) in [6, 6.07) is 7.68. The zero-order chi connectivity index (χ0) is 18.0. The van der Waals surface area contributed by atoms with Crippen LogP contribution in [0.2, 0.25) is 5.02 Å². The number of nitrogens with zero attached hydrogens (tertiary/aromatic N) is 3. The lowest BCUT2D eigenvalue weighted by molar-refractivity contribution is 0.384. The van der Waals surface area contributed by atoms with Crippen molar-refractivity contribution in [3.63, 3.8) is 0 Å². The van der Waals surface area contributed by atoms with E-state index in [1.807, 2.05) is 24.3 Å². The molecule has 1 aliphatic heterocycles. The number of aryl methyl sites for hydroxylation is 2. The van der Waals surface area contributed by atoms with Gasteiger partial charge in [-0.25, -0.2) is 13.4 Å². The van der Waals surface area contributed by atoms with Crippen LogP contribution < -0.4 is 5.56 Å². The number of sulfonamides is 1. The first-order valence-electron chi connectivity index (χ1n) is 8.11. The van der Waals surface area contributed by atoms with E-state index in [2.05, 4.69) is 4.98 Å². The van der Waals surface area contributed by atoms with Gasteiger partial charge in [-0.05, 0) is 37.0 Å². The highest BCUT2D eigenvalue weighted by molar-refractivity contribution is 7.88. The minimum Gasteiger partial charge on any atom is -0.299 e. The SMILES string of the molecule is CS(=O)(=O)N1CCc2c(ncn(CCCc3ccc(Cl)cc3)c2=O)C1. The zero-order valence-corrected chi connectivity index (χ0v) is 15.6. The molecule has 0 atom stereocenters. The van der Waals surface area contributed by atoms with E-state index < -0.39 is 10.0 Å². The third kappa shape index (κ3) is 4.29. The monoisotopic (exact) mass is 381 g/mol. The maximum atomic E-state index is 12.6. The summed E-state index contributed by atoms with van der Waals surface area (Å²) in [5.74, 6) is 0. The molecule has 0 aliphatic carbocycles. The van der Waals surface area contributed by atoms with Crippen molar-refractivity contribution in [1.29, 1.82) is 0 Å². The molecule has 0 fully saturated rings. The summed E-state index contributed by atoms with van der Waals surface area (Å²) >= 11 is 5.87. The number of benzene rings is 1. The number of halogens is 1. The van der Waals surface area contributed by atoms with Crippen molar-refractivity contribution in [3.05, 3.63) is 62.8 Å². The first-order valence-corrected chi connectivity index (χ1v) is 10.3. The van der Waals surface area contributed by atoms with Crippen LogP contribution in [-0.4, -0.2) is 35.1 Å². The number of hydrogen-bond acceptors (Lipinski definition) is 4. The van der Waals surface area contributed by atoms with Crippen LogP contribution in [0.25, 0.3) is 0 Å². The van der Waals surface area contributed by atoms with Crippen molar-refractivity contribution in [2.45, 2.75) is 32.4 Å². The lowest BCUT2D eigenvalue weighted by atomic mass is 10.1. The third-order valence-electron chi connectivity index (χ3n) is 4.40. The highest BCUT2D eigenvalue weighted by Crippen LogP contribution is 2.16. The van der Waals surface area contributed by atoms with E-state index in [0.717, 1.165) is 12.8 Å². The molecule has 0 bridgehead atoms. The molecule has 2 heterocycles. The van der Waals surface area contributed by atoms with Gasteiger partial charge in [0, 0.05) is 23.7 Å². The Morgan fingerprint density at radius 1 is 1.24 bits per heavy atom. The van der Waals surface area contributed by atoms with Gasteiger partial charge < -0.3 is 0 Å². The highest BCUT2D eigenvalue weighted by Gasteiger charge is 2.26.